The maximum atomic E-state index is 11.5. The van der Waals surface area contributed by atoms with E-state index in [1.54, 1.807) is 25.3 Å². The largest absolute Gasteiger partial charge is 0.467 e. The Balaban J connectivity index is 1.96. The molecule has 0 atom stereocenters. The van der Waals surface area contributed by atoms with Gasteiger partial charge in [-0.2, -0.15) is 0 Å². The normalized spacial score (nSPS) is 10.2. The van der Waals surface area contributed by atoms with Gasteiger partial charge in [-0.1, -0.05) is 5.16 Å². The number of carbonyl (C=O) groups is 1. The third kappa shape index (κ3) is 2.07. The Hall–Kier alpha value is -2.04. The number of aromatic nitrogens is 1. The maximum absolute atomic E-state index is 11.5. The molecule has 2 aromatic heterocycles. The van der Waals surface area contributed by atoms with Crippen LogP contribution >= 0.6 is 0 Å². The molecule has 0 bridgehead atoms. The summed E-state index contributed by atoms with van der Waals surface area (Å²) in [4.78, 5) is 11.5. The van der Waals surface area contributed by atoms with Crippen molar-refractivity contribution in [2.24, 2.45) is 0 Å². The first kappa shape index (κ1) is 9.51. The summed E-state index contributed by atoms with van der Waals surface area (Å²) in [6, 6.07) is 3.55. The number of amides is 1. The molecule has 2 rings (SSSR count). The van der Waals surface area contributed by atoms with E-state index in [4.69, 9.17) is 8.94 Å². The van der Waals surface area contributed by atoms with Crippen molar-refractivity contribution in [2.75, 3.05) is 0 Å². The summed E-state index contributed by atoms with van der Waals surface area (Å²) >= 11 is 0. The lowest BCUT2D eigenvalue weighted by Crippen LogP contribution is -2.22. The summed E-state index contributed by atoms with van der Waals surface area (Å²) < 4.78 is 9.87. The monoisotopic (exact) mass is 206 g/mol. The van der Waals surface area contributed by atoms with E-state index in [1.165, 1.54) is 6.20 Å². The predicted octanol–water partition coefficient (Wildman–Crippen LogP) is 1.51. The molecular weight excluding hydrogens is 196 g/mol. The van der Waals surface area contributed by atoms with Crippen molar-refractivity contribution in [3.8, 4) is 0 Å². The Labute approximate surface area is 86.1 Å². The van der Waals surface area contributed by atoms with E-state index >= 15 is 0 Å². The summed E-state index contributed by atoms with van der Waals surface area (Å²) in [7, 11) is 0. The molecule has 1 N–H and O–H groups in total. The Bertz CT molecular complexity index is 445. The van der Waals surface area contributed by atoms with Crippen LogP contribution in [0.3, 0.4) is 0 Å². The third-order valence-electron chi connectivity index (χ3n) is 1.96. The van der Waals surface area contributed by atoms with E-state index in [-0.39, 0.29) is 11.7 Å². The first-order valence-electron chi connectivity index (χ1n) is 4.49. The Morgan fingerprint density at radius 2 is 2.47 bits per heavy atom. The highest BCUT2D eigenvalue weighted by Gasteiger charge is 2.13. The molecule has 0 saturated heterocycles. The van der Waals surface area contributed by atoms with Crippen molar-refractivity contribution in [1.29, 1.82) is 0 Å². The quantitative estimate of drug-likeness (QED) is 0.826. The fourth-order valence-corrected chi connectivity index (χ4v) is 1.17. The first-order valence-corrected chi connectivity index (χ1v) is 4.49. The molecule has 0 fully saturated rings. The van der Waals surface area contributed by atoms with E-state index in [2.05, 4.69) is 10.5 Å². The van der Waals surface area contributed by atoms with Crippen molar-refractivity contribution in [3.05, 3.63) is 41.7 Å². The summed E-state index contributed by atoms with van der Waals surface area (Å²) in [6.45, 7) is 2.10. The number of furan rings is 1. The second kappa shape index (κ2) is 4.00. The van der Waals surface area contributed by atoms with E-state index in [0.29, 0.717) is 17.9 Å². The highest BCUT2D eigenvalue weighted by Crippen LogP contribution is 2.06. The maximum Gasteiger partial charge on any atom is 0.290 e. The van der Waals surface area contributed by atoms with Crippen LogP contribution < -0.4 is 5.32 Å². The molecule has 0 spiro atoms. The molecule has 0 aliphatic carbocycles. The minimum Gasteiger partial charge on any atom is -0.467 e. The van der Waals surface area contributed by atoms with Crippen LogP contribution in [-0.2, 0) is 6.54 Å². The molecular formula is C10H10N2O3. The lowest BCUT2D eigenvalue weighted by atomic mass is 10.3. The topological polar surface area (TPSA) is 68.3 Å². The van der Waals surface area contributed by atoms with E-state index in [0.717, 1.165) is 0 Å². The number of carbonyl (C=O) groups excluding carboxylic acids is 1. The molecule has 5 nitrogen and oxygen atoms in total. The van der Waals surface area contributed by atoms with Gasteiger partial charge in [0.1, 0.15) is 5.76 Å². The van der Waals surface area contributed by atoms with Crippen molar-refractivity contribution in [1.82, 2.24) is 10.5 Å². The van der Waals surface area contributed by atoms with Gasteiger partial charge in [-0.15, -0.1) is 0 Å². The fraction of sp³-hybridized carbons (Fsp3) is 0.200. The third-order valence-corrected chi connectivity index (χ3v) is 1.96. The highest BCUT2D eigenvalue weighted by molar-refractivity contribution is 5.92. The molecule has 15 heavy (non-hydrogen) atoms. The molecule has 0 saturated carbocycles. The van der Waals surface area contributed by atoms with Gasteiger partial charge in [0, 0.05) is 5.56 Å². The lowest BCUT2D eigenvalue weighted by Gasteiger charge is -1.99. The van der Waals surface area contributed by atoms with Gasteiger partial charge in [0.25, 0.3) is 5.91 Å². The number of nitrogens with zero attached hydrogens (tertiary/aromatic N) is 1. The number of hydrogen-bond donors (Lipinski definition) is 1. The minimum absolute atomic E-state index is 0.238. The van der Waals surface area contributed by atoms with Gasteiger partial charge >= 0.3 is 0 Å². The van der Waals surface area contributed by atoms with Crippen LogP contribution in [0.2, 0.25) is 0 Å². The van der Waals surface area contributed by atoms with Gasteiger partial charge in [-0.25, -0.2) is 0 Å². The average Bonchev–Trinajstić information content (AvgIpc) is 2.84. The van der Waals surface area contributed by atoms with Crippen LogP contribution in [0.25, 0.3) is 0 Å². The SMILES string of the molecule is Cc1cnoc1C(=O)NCc1ccco1. The zero-order valence-corrected chi connectivity index (χ0v) is 8.19. The minimum atomic E-state index is -0.290. The molecule has 0 unspecified atom stereocenters. The van der Waals surface area contributed by atoms with Gasteiger partial charge in [-0.3, -0.25) is 4.79 Å². The molecule has 1 amide bonds. The number of rotatable bonds is 3. The molecule has 0 radical (unpaired) electrons. The summed E-state index contributed by atoms with van der Waals surface area (Å²) in [5.74, 6) is 0.642. The Morgan fingerprint density at radius 1 is 1.60 bits per heavy atom. The van der Waals surface area contributed by atoms with Gasteiger partial charge in [0.15, 0.2) is 0 Å². The van der Waals surface area contributed by atoms with Crippen LogP contribution in [0.5, 0.6) is 0 Å². The molecule has 78 valence electrons. The summed E-state index contributed by atoms with van der Waals surface area (Å²) in [6.07, 6.45) is 3.06. The Morgan fingerprint density at radius 3 is 3.07 bits per heavy atom. The highest BCUT2D eigenvalue weighted by atomic mass is 16.5. The van der Waals surface area contributed by atoms with Crippen molar-refractivity contribution >= 4 is 5.91 Å². The van der Waals surface area contributed by atoms with Crippen LogP contribution in [0.1, 0.15) is 21.9 Å². The Kier molecular flexibility index (Phi) is 2.53. The smallest absolute Gasteiger partial charge is 0.290 e. The standard InChI is InChI=1S/C10H10N2O3/c1-7-5-12-15-9(7)10(13)11-6-8-3-2-4-14-8/h2-5H,6H2,1H3,(H,11,13). The van der Waals surface area contributed by atoms with E-state index in [1.807, 2.05) is 0 Å². The predicted molar refractivity (Wildman–Crippen MR) is 51.1 cm³/mol. The molecule has 0 aliphatic heterocycles. The average molecular weight is 206 g/mol. The van der Waals surface area contributed by atoms with Crippen LogP contribution in [-0.4, -0.2) is 11.1 Å². The van der Waals surface area contributed by atoms with Gasteiger partial charge in [-0.05, 0) is 19.1 Å². The van der Waals surface area contributed by atoms with E-state index in [9.17, 15) is 4.79 Å². The summed E-state index contributed by atoms with van der Waals surface area (Å²) in [5, 5.41) is 6.19. The van der Waals surface area contributed by atoms with Crippen LogP contribution in [0.15, 0.2) is 33.5 Å². The van der Waals surface area contributed by atoms with Crippen molar-refractivity contribution in [3.63, 3.8) is 0 Å². The van der Waals surface area contributed by atoms with Crippen LogP contribution in [0, 0.1) is 6.92 Å². The van der Waals surface area contributed by atoms with Gasteiger partial charge < -0.3 is 14.3 Å². The second-order valence-corrected chi connectivity index (χ2v) is 3.10. The number of aryl methyl sites for hydroxylation is 1. The zero-order chi connectivity index (χ0) is 10.7. The molecule has 2 aromatic rings. The van der Waals surface area contributed by atoms with Crippen molar-refractivity contribution < 1.29 is 13.7 Å². The van der Waals surface area contributed by atoms with Crippen molar-refractivity contribution in [2.45, 2.75) is 13.5 Å². The summed E-state index contributed by atoms with van der Waals surface area (Å²) in [5.41, 5.74) is 0.715. The molecule has 5 heteroatoms. The van der Waals surface area contributed by atoms with E-state index < -0.39 is 0 Å². The zero-order valence-electron chi connectivity index (χ0n) is 8.19. The lowest BCUT2D eigenvalue weighted by molar-refractivity contribution is 0.0910. The van der Waals surface area contributed by atoms with Gasteiger partial charge in [0.2, 0.25) is 5.76 Å². The second-order valence-electron chi connectivity index (χ2n) is 3.10. The number of hydrogen-bond acceptors (Lipinski definition) is 4. The molecule has 2 heterocycles. The first-order chi connectivity index (χ1) is 7.27. The van der Waals surface area contributed by atoms with Gasteiger partial charge in [0.05, 0.1) is 19.0 Å². The molecule has 0 aliphatic rings. The van der Waals surface area contributed by atoms with Crippen LogP contribution in [0.4, 0.5) is 0 Å². The fourth-order valence-electron chi connectivity index (χ4n) is 1.17. The molecule has 0 aromatic carbocycles. The number of nitrogens with one attached hydrogen (secondary N) is 1.